The molecule has 724 valence electrons. The number of carbonyl (C=O) groups is 6. The highest BCUT2D eigenvalue weighted by Gasteiger charge is 2.45. The summed E-state index contributed by atoms with van der Waals surface area (Å²) in [5, 5.41) is 24.3. The van der Waals surface area contributed by atoms with E-state index in [9.17, 15) is 85.4 Å². The minimum atomic E-state index is -5.90. The number of hydrogen-bond donors (Lipinski definition) is 13. The first-order valence-electron chi connectivity index (χ1n) is 37.4. The van der Waals surface area contributed by atoms with Crippen molar-refractivity contribution < 1.29 is 165 Å². The van der Waals surface area contributed by atoms with Crippen LogP contribution in [0.5, 0.6) is 11.5 Å². The lowest BCUT2D eigenvalue weighted by molar-refractivity contribution is -0.212. The highest BCUT2D eigenvalue weighted by atomic mass is 31.3. The number of fused-ring (bicyclic) bond motifs is 1. The van der Waals surface area contributed by atoms with Crippen LogP contribution in [0.15, 0.2) is 92.5 Å². The van der Waals surface area contributed by atoms with Crippen molar-refractivity contribution in [2.24, 2.45) is 20.5 Å². The molecule has 2 aliphatic heterocycles. The van der Waals surface area contributed by atoms with Crippen molar-refractivity contribution >= 4 is 104 Å². The number of Topliss-reactive ketones (excluding diaryl/α,β-unsaturated/α-hetero) is 2. The Morgan fingerprint density at radius 3 is 1.53 bits per heavy atom. The lowest BCUT2D eigenvalue weighted by Crippen LogP contribution is -2.30. The van der Waals surface area contributed by atoms with E-state index in [2.05, 4.69) is 117 Å². The van der Waals surface area contributed by atoms with Crippen molar-refractivity contribution in [2.45, 2.75) is 117 Å². The summed E-state index contributed by atoms with van der Waals surface area (Å²) in [6, 6.07) is 12.5. The number of anilines is 2. The second kappa shape index (κ2) is 56.3. The molecule has 59 nitrogen and oxygen atoms in total. The number of azide groups is 4. The molecule has 13 atom stereocenters. The zero-order valence-electron chi connectivity index (χ0n) is 68.1. The van der Waals surface area contributed by atoms with Crippen molar-refractivity contribution in [1.82, 2.24) is 45.4 Å². The van der Waals surface area contributed by atoms with Gasteiger partial charge in [-0.05, 0) is 85.2 Å². The van der Waals surface area contributed by atoms with Crippen molar-refractivity contribution in [3.63, 3.8) is 0 Å². The summed E-state index contributed by atoms with van der Waals surface area (Å²) in [5.41, 5.74) is 47.4. The van der Waals surface area contributed by atoms with Gasteiger partial charge in [0, 0.05) is 81.9 Å². The third-order valence-corrected chi connectivity index (χ3v) is 25.3. The molecule has 2 fully saturated rings. The summed E-state index contributed by atoms with van der Waals surface area (Å²) in [5.74, 6) is 7.69. The van der Waals surface area contributed by atoms with E-state index >= 15 is 0 Å². The van der Waals surface area contributed by atoms with Gasteiger partial charge in [-0.15, -0.1) is 0 Å². The molecule has 7 rings (SSSR count). The molecule has 12 unspecified atom stereocenters. The molecule has 2 aromatic carbocycles. The maximum Gasteiger partial charge on any atom is 0.487 e. The van der Waals surface area contributed by atoms with Gasteiger partial charge in [0.25, 0.3) is 19.6 Å². The molecule has 15 N–H and O–H groups in total. The fourth-order valence-electron chi connectivity index (χ4n) is 10.9. The number of aromatic nitrogens is 5. The Morgan fingerprint density at radius 2 is 1.08 bits per heavy atom. The molecule has 3 aromatic heterocycles. The van der Waals surface area contributed by atoms with Gasteiger partial charge in [-0.25, -0.2) is 37.1 Å². The van der Waals surface area contributed by atoms with E-state index in [-0.39, 0.29) is 133 Å². The van der Waals surface area contributed by atoms with Gasteiger partial charge in [-0.3, -0.25) is 46.5 Å². The van der Waals surface area contributed by atoms with Crippen LogP contribution in [0.1, 0.15) is 112 Å². The van der Waals surface area contributed by atoms with Gasteiger partial charge >= 0.3 is 44.3 Å². The molecule has 0 bridgehead atoms. The highest BCUT2D eigenvalue weighted by Crippen LogP contribution is 2.66. The summed E-state index contributed by atoms with van der Waals surface area (Å²) in [6.07, 6.45) is -3.86. The number of rotatable bonds is 54. The Kier molecular flexibility index (Phi) is 48.5. The number of phosphoric ester groups is 2. The third-order valence-electron chi connectivity index (χ3n) is 16.3. The number of nitrogens with zero attached hydrogens (tertiary/aromatic N) is 17. The number of amides is 4. The largest absolute Gasteiger partial charge is 0.756 e. The number of ether oxygens (including phenoxy) is 10. The van der Waals surface area contributed by atoms with Gasteiger partial charge in [0.1, 0.15) is 111 Å². The molecule has 4 amide bonds. The number of phosphoric acid groups is 4. The fraction of sp³-hybridized carbons (Fsp3) is 0.522. The average molecular weight is 1980 g/mol. The van der Waals surface area contributed by atoms with Crippen molar-refractivity contribution in [2.75, 3.05) is 123 Å². The quantitative estimate of drug-likeness (QED) is 0.00621. The smallest absolute Gasteiger partial charge is 0.487 e. The van der Waals surface area contributed by atoms with Gasteiger partial charge in [0.2, 0.25) is 11.8 Å². The van der Waals surface area contributed by atoms with Crippen molar-refractivity contribution in [1.29, 1.82) is 0 Å². The molecule has 0 aliphatic carbocycles. The molecular weight excluding hydrogens is 1890 g/mol. The maximum atomic E-state index is 12.8. The van der Waals surface area contributed by atoms with E-state index in [1.54, 1.807) is 36.4 Å². The van der Waals surface area contributed by atoms with Gasteiger partial charge in [-0.2, -0.15) is 9.29 Å². The van der Waals surface area contributed by atoms with Crippen molar-refractivity contribution in [3.05, 3.63) is 142 Å². The number of nitrogens with two attached hydrogens (primary N) is 2. The van der Waals surface area contributed by atoms with E-state index in [0.29, 0.717) is 72.3 Å². The number of hydrogen-bond acceptors (Lipinski definition) is 38. The molecular formula is C67H94N23O36P6-. The number of nitrogens with one attached hydrogen (secondary N) is 4. The van der Waals surface area contributed by atoms with Crippen LogP contribution in [0.4, 0.5) is 11.6 Å². The Balaban J connectivity index is 0.000000544. The van der Waals surface area contributed by atoms with Crippen LogP contribution in [0.3, 0.4) is 0 Å². The Hall–Kier alpha value is -10.7. The fourth-order valence-corrected chi connectivity index (χ4v) is 18.2. The van der Waals surface area contributed by atoms with E-state index in [1.807, 2.05) is 0 Å². The zero-order chi connectivity index (χ0) is 95.7. The van der Waals surface area contributed by atoms with E-state index in [0.717, 1.165) is 10.8 Å². The van der Waals surface area contributed by atoms with Crippen LogP contribution >= 0.6 is 46.5 Å². The predicted octanol–water partition coefficient (Wildman–Crippen LogP) is 4.79. The van der Waals surface area contributed by atoms with Gasteiger partial charge in [-0.1, -0.05) is 71.1 Å². The maximum absolute atomic E-state index is 12.8. The zero-order valence-corrected chi connectivity index (χ0v) is 73.5. The van der Waals surface area contributed by atoms with Crippen LogP contribution in [-0.4, -0.2) is 242 Å². The normalized spacial score (nSPS) is 18.2. The van der Waals surface area contributed by atoms with E-state index in [1.165, 1.54) is 43.1 Å². The summed E-state index contributed by atoms with van der Waals surface area (Å²) >= 11 is 0. The summed E-state index contributed by atoms with van der Waals surface area (Å²) in [7, 11) is -33.2. The van der Waals surface area contributed by atoms with E-state index in [4.69, 9.17) is 100 Å². The third kappa shape index (κ3) is 42.9. The topological polar surface area (TPSA) is 869 Å². The minimum Gasteiger partial charge on any atom is -0.756 e. The first-order valence-corrected chi connectivity index (χ1v) is 46.9. The molecule has 0 spiro atoms. The standard InChI is InChI=1S/C34H45N12O17P3.C31H42N11O19P3.2CH4/c1-22(47)5-3-10-39-34(49)23-6-2-8-25(13-23)59-18-29(43-45-37)58-12-11-57-17-28(48)38-9-4-7-24-15-46(33-31(24)32(35)40-19-41-33)30-14-26(60-20-42-44-36)27(62-30)16-61-66(55,56)63-65(53,54)21-64(50,51)52;1-20(43)5-3-10-36-30(45)21-6-2-8-23(13-21)56-18-27(39-41-34)55-12-11-54-17-26(44)35-9-4-7-22-15-42(31(46)38-29(22)32)28-14-24(57-19-37-40-33)25(59-28)16-58-63(50,51)61-64(52,53)60-62(47,48)49;;/h2,6,8,13,15,19,26-27,29-30H,3,5,9-12,14,16-18,20-21H2,1H3,(H,38,48)(H,39,49)(H,53,54)(H,55,56)(H2,35,40,41)(H2,50,51,52);2,6,8,13,15,24-25,27-28H,3,5,9-12,14,16-19H2,1H3,(H,35,44)(H,36,45)(H,50,51)(H,52,53)(H2,32,38,46)(H2,47,48,49);2*1H4/p-1/t;24-,25?,27?,28?;;/m.0../s1. The van der Waals surface area contributed by atoms with Crippen LogP contribution in [0.2, 0.25) is 0 Å². The van der Waals surface area contributed by atoms with Crippen LogP contribution in [0, 0.1) is 23.7 Å². The summed E-state index contributed by atoms with van der Waals surface area (Å²) in [6.45, 7) is -1.26. The second-order valence-electron chi connectivity index (χ2n) is 26.3. The van der Waals surface area contributed by atoms with Crippen LogP contribution in [-0.2, 0) is 106 Å². The molecule has 65 heteroatoms. The molecule has 2 saturated heterocycles. The molecule has 2 aliphatic rings. The van der Waals surface area contributed by atoms with Gasteiger partial charge in [0.15, 0.2) is 18.4 Å². The number of benzene rings is 2. The lowest BCUT2D eigenvalue weighted by Gasteiger charge is -2.22. The van der Waals surface area contributed by atoms with Gasteiger partial charge < -0.3 is 133 Å². The van der Waals surface area contributed by atoms with Crippen LogP contribution in [0.25, 0.3) is 52.8 Å². The van der Waals surface area contributed by atoms with Gasteiger partial charge in [0.05, 0.1) is 81.5 Å². The predicted molar refractivity (Wildman–Crippen MR) is 452 cm³/mol. The first-order chi connectivity index (χ1) is 61.5. The number of carbonyl (C=O) groups excluding carboxylic acids is 6. The lowest BCUT2D eigenvalue weighted by atomic mass is 10.2. The Labute approximate surface area is 748 Å². The Bertz CT molecular complexity index is 5490. The van der Waals surface area contributed by atoms with Crippen LogP contribution < -0.4 is 52.8 Å². The SMILES string of the molecule is C.C.CC(=O)CCCNC(=O)c1cccc(OCC(N=[N+]=[N-])OCCOCC(=O)NCC#Cc2cn(C3CC(OCN=[N+]=[N-])C(COP(=O)(O)OP(=O)(O)CP(=O)(O)O)O3)c3ncnc(N)c23)c1.CC(=O)CCCNC(=O)c1cccc(OCC(N=[N+]=[N-])OCCOCC(=O)NCC#Cc2cn(C3C[C@H](OCN=[N+]=[N-])C(COP(=O)(O)OP(=O)(O)OP(=O)([O-])O)O3)c(=O)nc2N)c1. The first kappa shape index (κ1) is 114. The average Bonchev–Trinajstić information content (AvgIpc) is 1.61. The van der Waals surface area contributed by atoms with Crippen molar-refractivity contribution in [3.8, 4) is 35.2 Å². The summed E-state index contributed by atoms with van der Waals surface area (Å²) < 4.78 is 149. The molecule has 0 radical (unpaired) electrons. The molecule has 5 aromatic rings. The number of nitrogen functional groups attached to an aromatic ring is 2. The monoisotopic (exact) mass is 1980 g/mol. The molecule has 132 heavy (non-hydrogen) atoms. The highest BCUT2D eigenvalue weighted by molar-refractivity contribution is 7.73. The second-order valence-corrected chi connectivity index (χ2v) is 36.2. The minimum absolute atomic E-state index is 0. The molecule has 0 saturated carbocycles. The molecule has 5 heterocycles. The number of ketones is 2. The van der Waals surface area contributed by atoms with E-state index < -0.39 is 152 Å². The Morgan fingerprint density at radius 1 is 0.614 bits per heavy atom. The summed E-state index contributed by atoms with van der Waals surface area (Å²) in [4.78, 5) is 183.